The zero-order valence-corrected chi connectivity index (χ0v) is 7.58. The van der Waals surface area contributed by atoms with Crippen LogP contribution in [-0.2, 0) is 9.53 Å². The van der Waals surface area contributed by atoms with Crippen molar-refractivity contribution in [3.63, 3.8) is 0 Å². The highest BCUT2D eigenvalue weighted by molar-refractivity contribution is 5.75. The van der Waals surface area contributed by atoms with Gasteiger partial charge in [-0.05, 0) is 26.2 Å². The minimum absolute atomic E-state index is 0.0432. The Morgan fingerprint density at radius 3 is 2.75 bits per heavy atom. The van der Waals surface area contributed by atoms with Crippen LogP contribution in [0.3, 0.4) is 0 Å². The third kappa shape index (κ3) is 2.81. The van der Waals surface area contributed by atoms with E-state index in [4.69, 9.17) is 10.5 Å². The number of esters is 1. The summed E-state index contributed by atoms with van der Waals surface area (Å²) in [6.07, 6.45) is 5.13. The lowest BCUT2D eigenvalue weighted by atomic mass is 10.1. The van der Waals surface area contributed by atoms with Gasteiger partial charge < -0.3 is 10.5 Å². The van der Waals surface area contributed by atoms with Gasteiger partial charge in [-0.25, -0.2) is 0 Å². The average molecular weight is 171 g/mol. The second-order valence-electron chi connectivity index (χ2n) is 3.49. The molecular formula is C9H17NO2. The lowest BCUT2D eigenvalue weighted by Crippen LogP contribution is -2.33. The van der Waals surface area contributed by atoms with Gasteiger partial charge in [0.1, 0.15) is 6.04 Å². The molecule has 1 heterocycles. The van der Waals surface area contributed by atoms with Crippen molar-refractivity contribution in [1.82, 2.24) is 0 Å². The van der Waals surface area contributed by atoms with Gasteiger partial charge in [-0.2, -0.15) is 0 Å². The SMILES string of the molecule is C[C@H]1CCCCC[C@H](N)C(=O)O1. The van der Waals surface area contributed by atoms with Crippen molar-refractivity contribution in [1.29, 1.82) is 0 Å². The van der Waals surface area contributed by atoms with Gasteiger partial charge in [0.25, 0.3) is 0 Å². The maximum atomic E-state index is 11.2. The van der Waals surface area contributed by atoms with E-state index >= 15 is 0 Å². The lowest BCUT2D eigenvalue weighted by Gasteiger charge is -2.13. The van der Waals surface area contributed by atoms with Crippen LogP contribution in [0, 0.1) is 0 Å². The third-order valence-corrected chi connectivity index (χ3v) is 2.25. The Hall–Kier alpha value is -0.570. The van der Waals surface area contributed by atoms with Gasteiger partial charge in [-0.3, -0.25) is 4.79 Å². The molecule has 3 heteroatoms. The molecule has 0 amide bonds. The molecule has 0 unspecified atom stereocenters. The molecule has 3 nitrogen and oxygen atoms in total. The monoisotopic (exact) mass is 171 g/mol. The number of ether oxygens (including phenoxy) is 1. The summed E-state index contributed by atoms with van der Waals surface area (Å²) in [6, 6.07) is -0.398. The zero-order chi connectivity index (χ0) is 8.97. The fourth-order valence-electron chi connectivity index (χ4n) is 1.44. The molecule has 1 aliphatic rings. The molecule has 2 atom stereocenters. The van der Waals surface area contributed by atoms with E-state index in [0.29, 0.717) is 0 Å². The van der Waals surface area contributed by atoms with Crippen molar-refractivity contribution in [2.45, 2.75) is 51.2 Å². The summed E-state index contributed by atoms with van der Waals surface area (Å²) in [5, 5.41) is 0. The first-order valence-electron chi connectivity index (χ1n) is 4.66. The summed E-state index contributed by atoms with van der Waals surface area (Å²) < 4.78 is 5.12. The number of rotatable bonds is 0. The van der Waals surface area contributed by atoms with E-state index in [9.17, 15) is 4.79 Å². The summed E-state index contributed by atoms with van der Waals surface area (Å²) in [7, 11) is 0. The molecule has 1 saturated heterocycles. The molecule has 0 aromatic heterocycles. The minimum Gasteiger partial charge on any atom is -0.462 e. The van der Waals surface area contributed by atoms with Crippen LogP contribution in [0.1, 0.15) is 39.0 Å². The first kappa shape index (κ1) is 9.52. The maximum Gasteiger partial charge on any atom is 0.323 e. The van der Waals surface area contributed by atoms with Crippen LogP contribution in [-0.4, -0.2) is 18.1 Å². The Kier molecular flexibility index (Phi) is 3.53. The van der Waals surface area contributed by atoms with Crippen molar-refractivity contribution in [3.8, 4) is 0 Å². The van der Waals surface area contributed by atoms with E-state index in [2.05, 4.69) is 0 Å². The van der Waals surface area contributed by atoms with Crippen LogP contribution in [0.15, 0.2) is 0 Å². The molecule has 0 radical (unpaired) electrons. The highest BCUT2D eigenvalue weighted by Gasteiger charge is 2.18. The highest BCUT2D eigenvalue weighted by Crippen LogP contribution is 2.13. The predicted octanol–water partition coefficient (Wildman–Crippen LogP) is 1.21. The van der Waals surface area contributed by atoms with Crippen LogP contribution in [0.2, 0.25) is 0 Å². The first-order chi connectivity index (χ1) is 5.70. The first-order valence-corrected chi connectivity index (χ1v) is 4.66. The molecule has 0 bridgehead atoms. The lowest BCUT2D eigenvalue weighted by molar-refractivity contribution is -0.150. The van der Waals surface area contributed by atoms with E-state index < -0.39 is 6.04 Å². The van der Waals surface area contributed by atoms with Gasteiger partial charge in [0, 0.05) is 0 Å². The number of cyclic esters (lactones) is 1. The Morgan fingerprint density at radius 1 is 1.33 bits per heavy atom. The summed E-state index contributed by atoms with van der Waals surface area (Å²) >= 11 is 0. The van der Waals surface area contributed by atoms with E-state index in [1.165, 1.54) is 0 Å². The number of hydrogen-bond donors (Lipinski definition) is 1. The van der Waals surface area contributed by atoms with Gasteiger partial charge in [0.2, 0.25) is 0 Å². The minimum atomic E-state index is -0.398. The molecule has 1 aliphatic heterocycles. The molecule has 2 N–H and O–H groups in total. The second kappa shape index (κ2) is 4.45. The third-order valence-electron chi connectivity index (χ3n) is 2.25. The van der Waals surface area contributed by atoms with Crippen LogP contribution in [0.5, 0.6) is 0 Å². The zero-order valence-electron chi connectivity index (χ0n) is 7.58. The van der Waals surface area contributed by atoms with E-state index in [1.54, 1.807) is 0 Å². The van der Waals surface area contributed by atoms with Crippen LogP contribution < -0.4 is 5.73 Å². The molecule has 1 fully saturated rings. The van der Waals surface area contributed by atoms with Crippen molar-refractivity contribution < 1.29 is 9.53 Å². The van der Waals surface area contributed by atoms with Gasteiger partial charge in [-0.15, -0.1) is 0 Å². The predicted molar refractivity (Wildman–Crippen MR) is 46.6 cm³/mol. The van der Waals surface area contributed by atoms with Gasteiger partial charge in [0.05, 0.1) is 6.10 Å². The summed E-state index contributed by atoms with van der Waals surface area (Å²) in [4.78, 5) is 11.2. The fraction of sp³-hybridized carbons (Fsp3) is 0.889. The average Bonchev–Trinajstić information content (AvgIpc) is 2.07. The molecule has 0 aliphatic carbocycles. The van der Waals surface area contributed by atoms with Crippen molar-refractivity contribution in [2.24, 2.45) is 5.73 Å². The quantitative estimate of drug-likeness (QED) is 0.557. The molecule has 1 rings (SSSR count). The molecule has 0 aromatic rings. The Labute approximate surface area is 73.3 Å². The molecule has 70 valence electrons. The van der Waals surface area contributed by atoms with Gasteiger partial charge in [-0.1, -0.05) is 12.8 Å². The van der Waals surface area contributed by atoms with Crippen LogP contribution >= 0.6 is 0 Å². The highest BCUT2D eigenvalue weighted by atomic mass is 16.5. The van der Waals surface area contributed by atoms with Gasteiger partial charge >= 0.3 is 5.97 Å². The van der Waals surface area contributed by atoms with E-state index in [0.717, 1.165) is 32.1 Å². The molecule has 0 aromatic carbocycles. The van der Waals surface area contributed by atoms with Crippen molar-refractivity contribution in [3.05, 3.63) is 0 Å². The number of carbonyl (C=O) groups excluding carboxylic acids is 1. The van der Waals surface area contributed by atoms with Crippen LogP contribution in [0.25, 0.3) is 0 Å². The largest absolute Gasteiger partial charge is 0.462 e. The van der Waals surface area contributed by atoms with Crippen LogP contribution in [0.4, 0.5) is 0 Å². The Morgan fingerprint density at radius 2 is 2.00 bits per heavy atom. The van der Waals surface area contributed by atoms with E-state index in [1.807, 2.05) is 6.92 Å². The Bertz CT molecular complexity index is 159. The Balaban J connectivity index is 2.46. The standard InChI is InChI=1S/C9H17NO2/c1-7-5-3-2-4-6-8(10)9(11)12-7/h7-8H,2-6,10H2,1H3/t7-,8-/m0/s1. The fourth-order valence-corrected chi connectivity index (χ4v) is 1.44. The number of hydrogen-bond acceptors (Lipinski definition) is 3. The van der Waals surface area contributed by atoms with Gasteiger partial charge in [0.15, 0.2) is 0 Å². The molecular weight excluding hydrogens is 154 g/mol. The molecule has 0 spiro atoms. The van der Waals surface area contributed by atoms with E-state index in [-0.39, 0.29) is 12.1 Å². The normalized spacial score (nSPS) is 33.0. The van der Waals surface area contributed by atoms with Crippen molar-refractivity contribution in [2.75, 3.05) is 0 Å². The molecule has 0 saturated carbocycles. The number of carbonyl (C=O) groups is 1. The molecule has 12 heavy (non-hydrogen) atoms. The maximum absolute atomic E-state index is 11.2. The second-order valence-corrected chi connectivity index (χ2v) is 3.49. The summed E-state index contributed by atoms with van der Waals surface area (Å²) in [6.45, 7) is 1.93. The number of nitrogens with two attached hydrogens (primary N) is 1. The van der Waals surface area contributed by atoms with Crippen molar-refractivity contribution >= 4 is 5.97 Å². The summed E-state index contributed by atoms with van der Waals surface area (Å²) in [5.74, 6) is -0.232. The summed E-state index contributed by atoms with van der Waals surface area (Å²) in [5.41, 5.74) is 5.60. The topological polar surface area (TPSA) is 52.3 Å². The smallest absolute Gasteiger partial charge is 0.323 e.